The number of rotatable bonds is 9. The lowest BCUT2D eigenvalue weighted by Gasteiger charge is -2.15. The van der Waals surface area contributed by atoms with Crippen molar-refractivity contribution >= 4 is 9.84 Å². The summed E-state index contributed by atoms with van der Waals surface area (Å²) in [5.41, 5.74) is 0. The molecule has 4 heteroatoms. The van der Waals surface area contributed by atoms with Crippen LogP contribution in [0.3, 0.4) is 0 Å². The van der Waals surface area contributed by atoms with Gasteiger partial charge in [-0.15, -0.1) is 0 Å². The molecular weight excluding hydrogens is 210 g/mol. The van der Waals surface area contributed by atoms with Crippen molar-refractivity contribution in [3.05, 3.63) is 0 Å². The van der Waals surface area contributed by atoms with Crippen LogP contribution in [0.15, 0.2) is 0 Å². The lowest BCUT2D eigenvalue weighted by atomic mass is 10.1. The topological polar surface area (TPSA) is 46.2 Å². The molecule has 0 fully saturated rings. The van der Waals surface area contributed by atoms with Crippen LogP contribution in [0.25, 0.3) is 0 Å². The molecule has 0 aromatic rings. The van der Waals surface area contributed by atoms with E-state index in [1.165, 1.54) is 12.8 Å². The molecule has 0 aromatic heterocycles. The molecule has 0 aliphatic heterocycles. The summed E-state index contributed by atoms with van der Waals surface area (Å²) in [5.74, 6) is 0.582. The van der Waals surface area contributed by atoms with Crippen LogP contribution in [-0.2, 0) is 9.84 Å². The maximum absolute atomic E-state index is 11.2. The van der Waals surface area contributed by atoms with Gasteiger partial charge in [0.1, 0.15) is 9.84 Å². The van der Waals surface area contributed by atoms with Crippen molar-refractivity contribution < 1.29 is 8.42 Å². The van der Waals surface area contributed by atoms with E-state index in [4.69, 9.17) is 0 Å². The standard InChI is InChI=1S/C11H25NO2S/c1-4-8-11(5-2)12-9-7-10-15(13,14)6-3/h11-12H,4-10H2,1-3H3. The molecule has 0 radical (unpaired) electrons. The van der Waals surface area contributed by atoms with Gasteiger partial charge in [-0.05, 0) is 25.8 Å². The van der Waals surface area contributed by atoms with E-state index in [-0.39, 0.29) is 5.75 Å². The van der Waals surface area contributed by atoms with Gasteiger partial charge in [0.15, 0.2) is 0 Å². The Bertz CT molecular complexity index is 237. The highest BCUT2D eigenvalue weighted by atomic mass is 32.2. The summed E-state index contributed by atoms with van der Waals surface area (Å²) in [7, 11) is -2.78. The fraction of sp³-hybridized carbons (Fsp3) is 1.00. The normalized spacial score (nSPS) is 14.1. The fourth-order valence-corrected chi connectivity index (χ4v) is 2.41. The van der Waals surface area contributed by atoms with Gasteiger partial charge in [0.2, 0.25) is 0 Å². The lowest BCUT2D eigenvalue weighted by molar-refractivity contribution is 0.463. The van der Waals surface area contributed by atoms with Crippen molar-refractivity contribution in [2.75, 3.05) is 18.1 Å². The summed E-state index contributed by atoms with van der Waals surface area (Å²) in [6.45, 7) is 6.86. The molecule has 1 unspecified atom stereocenters. The van der Waals surface area contributed by atoms with E-state index in [2.05, 4.69) is 19.2 Å². The third kappa shape index (κ3) is 7.79. The zero-order chi connectivity index (χ0) is 11.7. The van der Waals surface area contributed by atoms with E-state index < -0.39 is 9.84 Å². The average molecular weight is 235 g/mol. The van der Waals surface area contributed by atoms with Gasteiger partial charge in [0, 0.05) is 11.8 Å². The van der Waals surface area contributed by atoms with E-state index in [1.54, 1.807) is 6.92 Å². The Morgan fingerprint density at radius 1 is 1.20 bits per heavy atom. The van der Waals surface area contributed by atoms with Crippen LogP contribution in [0.5, 0.6) is 0 Å². The molecular formula is C11H25NO2S. The minimum absolute atomic E-state index is 0.263. The van der Waals surface area contributed by atoms with Gasteiger partial charge in [-0.2, -0.15) is 0 Å². The Labute approximate surface area is 94.6 Å². The number of sulfone groups is 1. The molecule has 0 heterocycles. The molecule has 1 atom stereocenters. The zero-order valence-electron chi connectivity index (χ0n) is 10.3. The third-order valence-corrected chi connectivity index (χ3v) is 4.43. The van der Waals surface area contributed by atoms with Crippen molar-refractivity contribution in [3.8, 4) is 0 Å². The molecule has 0 spiro atoms. The molecule has 0 aliphatic rings. The Kier molecular flexibility index (Phi) is 8.06. The highest BCUT2D eigenvalue weighted by Gasteiger charge is 2.07. The Morgan fingerprint density at radius 2 is 1.87 bits per heavy atom. The van der Waals surface area contributed by atoms with Crippen LogP contribution < -0.4 is 5.32 Å². The van der Waals surface area contributed by atoms with E-state index in [0.29, 0.717) is 11.8 Å². The van der Waals surface area contributed by atoms with Crippen molar-refractivity contribution in [1.29, 1.82) is 0 Å². The monoisotopic (exact) mass is 235 g/mol. The third-order valence-electron chi connectivity index (χ3n) is 2.63. The summed E-state index contributed by atoms with van der Waals surface area (Å²) in [5, 5.41) is 3.40. The summed E-state index contributed by atoms with van der Waals surface area (Å²) < 4.78 is 22.4. The van der Waals surface area contributed by atoms with E-state index in [0.717, 1.165) is 19.4 Å². The first kappa shape index (κ1) is 14.9. The fourth-order valence-electron chi connectivity index (χ4n) is 1.54. The largest absolute Gasteiger partial charge is 0.314 e. The highest BCUT2D eigenvalue weighted by Crippen LogP contribution is 2.01. The molecule has 0 saturated heterocycles. The van der Waals surface area contributed by atoms with Gasteiger partial charge >= 0.3 is 0 Å². The van der Waals surface area contributed by atoms with Crippen LogP contribution in [0.4, 0.5) is 0 Å². The van der Waals surface area contributed by atoms with Crippen molar-refractivity contribution in [3.63, 3.8) is 0 Å². The van der Waals surface area contributed by atoms with Crippen LogP contribution in [-0.4, -0.2) is 32.5 Å². The molecule has 0 rings (SSSR count). The van der Waals surface area contributed by atoms with Gasteiger partial charge in [0.25, 0.3) is 0 Å². The molecule has 0 saturated carbocycles. The van der Waals surface area contributed by atoms with Crippen molar-refractivity contribution in [1.82, 2.24) is 5.32 Å². The molecule has 1 N–H and O–H groups in total. The maximum atomic E-state index is 11.2. The second-order valence-electron chi connectivity index (χ2n) is 3.94. The molecule has 3 nitrogen and oxygen atoms in total. The smallest absolute Gasteiger partial charge is 0.150 e. The number of hydrogen-bond donors (Lipinski definition) is 1. The summed E-state index contributed by atoms with van der Waals surface area (Å²) in [4.78, 5) is 0. The van der Waals surface area contributed by atoms with Gasteiger partial charge in [-0.25, -0.2) is 8.42 Å². The quantitative estimate of drug-likeness (QED) is 0.622. The average Bonchev–Trinajstić information content (AvgIpc) is 2.22. The first-order valence-electron chi connectivity index (χ1n) is 5.99. The Hall–Kier alpha value is -0.0900. The van der Waals surface area contributed by atoms with Crippen LogP contribution >= 0.6 is 0 Å². The van der Waals surface area contributed by atoms with Crippen LogP contribution in [0, 0.1) is 0 Å². The van der Waals surface area contributed by atoms with E-state index in [9.17, 15) is 8.42 Å². The van der Waals surface area contributed by atoms with E-state index >= 15 is 0 Å². The first-order chi connectivity index (χ1) is 7.05. The number of hydrogen-bond acceptors (Lipinski definition) is 3. The van der Waals surface area contributed by atoms with E-state index in [1.807, 2.05) is 0 Å². The molecule has 0 aromatic carbocycles. The van der Waals surface area contributed by atoms with Crippen molar-refractivity contribution in [2.45, 2.75) is 52.5 Å². The predicted octanol–water partition coefficient (Wildman–Crippen LogP) is 1.98. The highest BCUT2D eigenvalue weighted by molar-refractivity contribution is 7.91. The minimum Gasteiger partial charge on any atom is -0.314 e. The summed E-state index contributed by atoms with van der Waals surface area (Å²) in [6, 6.07) is 0.555. The molecule has 92 valence electrons. The molecule has 0 aliphatic carbocycles. The molecule has 15 heavy (non-hydrogen) atoms. The minimum atomic E-state index is -2.78. The van der Waals surface area contributed by atoms with Crippen LogP contribution in [0.1, 0.15) is 46.5 Å². The predicted molar refractivity (Wildman–Crippen MR) is 65.9 cm³/mol. The summed E-state index contributed by atoms with van der Waals surface area (Å²) >= 11 is 0. The zero-order valence-corrected chi connectivity index (χ0v) is 11.1. The van der Waals surface area contributed by atoms with Gasteiger partial charge in [-0.1, -0.05) is 27.2 Å². The Morgan fingerprint density at radius 3 is 2.33 bits per heavy atom. The second-order valence-corrected chi connectivity index (χ2v) is 6.41. The van der Waals surface area contributed by atoms with Crippen molar-refractivity contribution in [2.24, 2.45) is 0 Å². The SMILES string of the molecule is CCCC(CC)NCCCS(=O)(=O)CC. The Balaban J connectivity index is 3.61. The molecule has 0 amide bonds. The van der Waals surface area contributed by atoms with Gasteiger partial charge in [-0.3, -0.25) is 0 Å². The second kappa shape index (κ2) is 8.11. The summed E-state index contributed by atoms with van der Waals surface area (Å²) in [6.07, 6.45) is 4.21. The van der Waals surface area contributed by atoms with Gasteiger partial charge in [0.05, 0.1) is 5.75 Å². The maximum Gasteiger partial charge on any atom is 0.150 e. The molecule has 0 bridgehead atoms. The van der Waals surface area contributed by atoms with Crippen LogP contribution in [0.2, 0.25) is 0 Å². The lowest BCUT2D eigenvalue weighted by Crippen LogP contribution is -2.30. The first-order valence-corrected chi connectivity index (χ1v) is 7.81. The van der Waals surface area contributed by atoms with Gasteiger partial charge < -0.3 is 5.32 Å². The number of nitrogens with one attached hydrogen (secondary N) is 1.